The van der Waals surface area contributed by atoms with E-state index in [1.165, 1.54) is 0 Å². The second-order valence-electron chi connectivity index (χ2n) is 7.43. The fourth-order valence-electron chi connectivity index (χ4n) is 3.43. The van der Waals surface area contributed by atoms with Gasteiger partial charge < -0.3 is 15.0 Å². The van der Waals surface area contributed by atoms with Gasteiger partial charge in [0.05, 0.1) is 0 Å². The molecule has 5 heteroatoms. The summed E-state index contributed by atoms with van der Waals surface area (Å²) in [5.41, 5.74) is 2.99. The van der Waals surface area contributed by atoms with Crippen LogP contribution < -0.4 is 10.1 Å². The van der Waals surface area contributed by atoms with Gasteiger partial charge in [-0.05, 0) is 35.7 Å². The Hall–Kier alpha value is -3.60. The second-order valence-corrected chi connectivity index (χ2v) is 7.43. The van der Waals surface area contributed by atoms with Crippen molar-refractivity contribution < 1.29 is 14.3 Å². The van der Waals surface area contributed by atoms with Gasteiger partial charge in [-0.15, -0.1) is 0 Å². The quantitative estimate of drug-likeness (QED) is 0.578. The highest BCUT2D eigenvalue weighted by Crippen LogP contribution is 2.16. The summed E-state index contributed by atoms with van der Waals surface area (Å²) in [6.07, 6.45) is 0.420. The number of rotatable bonds is 9. The Morgan fingerprint density at radius 1 is 0.903 bits per heavy atom. The van der Waals surface area contributed by atoms with Crippen molar-refractivity contribution >= 4 is 11.8 Å². The van der Waals surface area contributed by atoms with Crippen LogP contribution in [0.4, 0.5) is 0 Å². The first-order valence-corrected chi connectivity index (χ1v) is 10.3. The normalized spacial score (nSPS) is 11.4. The highest BCUT2D eigenvalue weighted by molar-refractivity contribution is 5.88. The minimum Gasteiger partial charge on any atom is -0.484 e. The molecule has 0 bridgehead atoms. The van der Waals surface area contributed by atoms with Crippen molar-refractivity contribution in [1.29, 1.82) is 0 Å². The monoisotopic (exact) mass is 416 g/mol. The number of carbonyl (C=O) groups excluding carboxylic acids is 2. The van der Waals surface area contributed by atoms with Crippen molar-refractivity contribution in [3.63, 3.8) is 0 Å². The van der Waals surface area contributed by atoms with E-state index in [9.17, 15) is 9.59 Å². The van der Waals surface area contributed by atoms with E-state index < -0.39 is 6.04 Å². The molecule has 0 aromatic heterocycles. The lowest BCUT2D eigenvalue weighted by molar-refractivity contribution is -0.142. The average Bonchev–Trinajstić information content (AvgIpc) is 2.80. The second kappa shape index (κ2) is 11.0. The number of benzene rings is 3. The Balaban J connectivity index is 1.84. The summed E-state index contributed by atoms with van der Waals surface area (Å²) in [5, 5.41) is 2.71. The van der Waals surface area contributed by atoms with Gasteiger partial charge in [0.2, 0.25) is 5.91 Å². The largest absolute Gasteiger partial charge is 0.484 e. The molecule has 0 saturated heterocycles. The van der Waals surface area contributed by atoms with Crippen molar-refractivity contribution in [2.24, 2.45) is 0 Å². The minimum absolute atomic E-state index is 0.140. The zero-order valence-corrected chi connectivity index (χ0v) is 18.0. The molecule has 160 valence electrons. The number of hydrogen-bond donors (Lipinski definition) is 1. The van der Waals surface area contributed by atoms with E-state index in [2.05, 4.69) is 5.32 Å². The van der Waals surface area contributed by atoms with Crippen LogP contribution in [-0.2, 0) is 22.6 Å². The van der Waals surface area contributed by atoms with Crippen LogP contribution in [0, 0.1) is 6.92 Å². The van der Waals surface area contributed by atoms with Crippen LogP contribution in [0.2, 0.25) is 0 Å². The van der Waals surface area contributed by atoms with Crippen LogP contribution in [0.15, 0.2) is 84.9 Å². The molecule has 3 aromatic rings. The summed E-state index contributed by atoms with van der Waals surface area (Å²) in [5.74, 6) is 0.186. The Labute approximate surface area is 183 Å². The molecule has 0 heterocycles. The van der Waals surface area contributed by atoms with E-state index in [-0.39, 0.29) is 18.4 Å². The molecule has 0 saturated carbocycles. The van der Waals surface area contributed by atoms with Gasteiger partial charge in [-0.2, -0.15) is 0 Å². The first-order chi connectivity index (χ1) is 15.1. The van der Waals surface area contributed by atoms with E-state index in [1.54, 1.807) is 11.9 Å². The van der Waals surface area contributed by atoms with Crippen molar-refractivity contribution in [2.75, 3.05) is 13.7 Å². The molecule has 0 aliphatic heterocycles. The van der Waals surface area contributed by atoms with Crippen LogP contribution in [-0.4, -0.2) is 36.4 Å². The van der Waals surface area contributed by atoms with Crippen LogP contribution in [0.25, 0.3) is 0 Å². The van der Waals surface area contributed by atoms with Crippen LogP contribution in [0.3, 0.4) is 0 Å². The van der Waals surface area contributed by atoms with E-state index in [4.69, 9.17) is 4.74 Å². The molecule has 1 atom stereocenters. The zero-order valence-electron chi connectivity index (χ0n) is 18.0. The molecule has 5 nitrogen and oxygen atoms in total. The molecule has 3 rings (SSSR count). The maximum absolute atomic E-state index is 13.3. The lowest BCUT2D eigenvalue weighted by Gasteiger charge is -2.31. The zero-order chi connectivity index (χ0) is 22.1. The standard InChI is InChI=1S/C26H28N2O3/c1-20-10-9-15-23(16-20)31-19-25(29)28(18-22-13-7-4-8-14-22)24(26(30)27-2)17-21-11-5-3-6-12-21/h3-16,24H,17-19H2,1-2H3,(H,27,30)/t24-/m1/s1. The number of carbonyl (C=O) groups is 2. The summed E-state index contributed by atoms with van der Waals surface area (Å²) in [7, 11) is 1.59. The molecule has 0 aliphatic carbocycles. The van der Waals surface area contributed by atoms with Gasteiger partial charge in [0.15, 0.2) is 6.61 Å². The first kappa shape index (κ1) is 22.1. The maximum atomic E-state index is 13.3. The maximum Gasteiger partial charge on any atom is 0.261 e. The number of amides is 2. The van der Waals surface area contributed by atoms with Crippen molar-refractivity contribution in [3.8, 4) is 5.75 Å². The third kappa shape index (κ3) is 6.44. The molecular formula is C26H28N2O3. The highest BCUT2D eigenvalue weighted by atomic mass is 16.5. The predicted molar refractivity (Wildman–Crippen MR) is 122 cm³/mol. The molecule has 0 aliphatic rings. The molecule has 31 heavy (non-hydrogen) atoms. The summed E-state index contributed by atoms with van der Waals surface area (Å²) < 4.78 is 5.76. The SMILES string of the molecule is CNC(=O)[C@@H](Cc1ccccc1)N(Cc1ccccc1)C(=O)COc1cccc(C)c1. The van der Waals surface area contributed by atoms with E-state index in [0.717, 1.165) is 16.7 Å². The molecule has 1 N–H and O–H groups in total. The van der Waals surface area contributed by atoms with Gasteiger partial charge in [-0.25, -0.2) is 0 Å². The van der Waals surface area contributed by atoms with Crippen LogP contribution in [0.1, 0.15) is 16.7 Å². The Kier molecular flexibility index (Phi) is 7.82. The minimum atomic E-state index is -0.652. The van der Waals surface area contributed by atoms with Gasteiger partial charge in [-0.3, -0.25) is 9.59 Å². The van der Waals surface area contributed by atoms with Crippen LogP contribution >= 0.6 is 0 Å². The van der Waals surface area contributed by atoms with E-state index in [1.807, 2.05) is 91.9 Å². The number of ether oxygens (including phenoxy) is 1. The topological polar surface area (TPSA) is 58.6 Å². The first-order valence-electron chi connectivity index (χ1n) is 10.3. The molecule has 0 spiro atoms. The third-order valence-corrected chi connectivity index (χ3v) is 5.07. The summed E-state index contributed by atoms with van der Waals surface area (Å²) >= 11 is 0. The summed E-state index contributed by atoms with van der Waals surface area (Å²) in [4.78, 5) is 27.7. The average molecular weight is 417 g/mol. The Morgan fingerprint density at radius 3 is 2.16 bits per heavy atom. The van der Waals surface area contributed by atoms with Crippen molar-refractivity contribution in [1.82, 2.24) is 10.2 Å². The highest BCUT2D eigenvalue weighted by Gasteiger charge is 2.30. The predicted octanol–water partition coefficient (Wildman–Crippen LogP) is 3.76. The Bertz CT molecular complexity index is 990. The number of nitrogens with one attached hydrogen (secondary N) is 1. The molecule has 0 radical (unpaired) electrons. The van der Waals surface area contributed by atoms with Crippen LogP contribution in [0.5, 0.6) is 5.75 Å². The number of nitrogens with zero attached hydrogens (tertiary/aromatic N) is 1. The summed E-state index contributed by atoms with van der Waals surface area (Å²) in [6, 6.07) is 26.3. The van der Waals surface area contributed by atoms with Gasteiger partial charge in [0.1, 0.15) is 11.8 Å². The lowest BCUT2D eigenvalue weighted by Crippen LogP contribution is -2.51. The van der Waals surface area contributed by atoms with E-state index in [0.29, 0.717) is 18.7 Å². The lowest BCUT2D eigenvalue weighted by atomic mass is 10.0. The molecule has 0 fully saturated rings. The smallest absolute Gasteiger partial charge is 0.261 e. The number of hydrogen-bond acceptors (Lipinski definition) is 3. The van der Waals surface area contributed by atoms with Gasteiger partial charge >= 0.3 is 0 Å². The molecule has 3 aromatic carbocycles. The number of likely N-dealkylation sites (N-methyl/N-ethyl adjacent to an activating group) is 1. The third-order valence-electron chi connectivity index (χ3n) is 5.07. The van der Waals surface area contributed by atoms with Gasteiger partial charge in [-0.1, -0.05) is 72.8 Å². The molecular weight excluding hydrogens is 388 g/mol. The Morgan fingerprint density at radius 2 is 1.55 bits per heavy atom. The van der Waals surface area contributed by atoms with Gasteiger partial charge in [0, 0.05) is 20.0 Å². The molecule has 0 unspecified atom stereocenters. The fraction of sp³-hybridized carbons (Fsp3) is 0.231. The van der Waals surface area contributed by atoms with E-state index >= 15 is 0 Å². The fourth-order valence-corrected chi connectivity index (χ4v) is 3.43. The van der Waals surface area contributed by atoms with Crippen molar-refractivity contribution in [2.45, 2.75) is 25.9 Å². The van der Waals surface area contributed by atoms with Crippen molar-refractivity contribution in [3.05, 3.63) is 102 Å². The number of aryl methyl sites for hydroxylation is 1. The van der Waals surface area contributed by atoms with Gasteiger partial charge in [0.25, 0.3) is 5.91 Å². The molecule has 2 amide bonds. The summed E-state index contributed by atoms with van der Waals surface area (Å²) in [6.45, 7) is 2.15.